The molecule has 158 valence electrons. The number of hydrogen-bond donors (Lipinski definition) is 0. The molecule has 0 atom stereocenters. The Morgan fingerprint density at radius 3 is 1.70 bits per heavy atom. The lowest BCUT2D eigenvalue weighted by atomic mass is 10.1. The van der Waals surface area contributed by atoms with E-state index in [2.05, 4.69) is 13.5 Å². The molecule has 7 heteroatoms. The minimum Gasteiger partial charge on any atom is -0.463 e. The van der Waals surface area contributed by atoms with Crippen molar-refractivity contribution >= 4 is 11.9 Å². The van der Waals surface area contributed by atoms with E-state index in [1.54, 1.807) is 6.92 Å². The summed E-state index contributed by atoms with van der Waals surface area (Å²) in [6.07, 6.45) is 6.07. The number of unbranched alkanes of at least 4 members (excludes halogenated alkanes) is 4. The molecule has 0 rings (SSSR count). The van der Waals surface area contributed by atoms with Crippen LogP contribution in [0, 0.1) is 0 Å². The van der Waals surface area contributed by atoms with E-state index in [1.165, 1.54) is 19.3 Å². The average Bonchev–Trinajstić information content (AvgIpc) is 2.65. The summed E-state index contributed by atoms with van der Waals surface area (Å²) in [5, 5.41) is 0. The third-order valence-electron chi connectivity index (χ3n) is 3.53. The lowest BCUT2D eigenvalue weighted by molar-refractivity contribution is -0.145. The first kappa shape index (κ1) is 25.6. The fourth-order valence-electron chi connectivity index (χ4n) is 2.02. The molecule has 0 amide bonds. The quantitative estimate of drug-likeness (QED) is 0.191. The topological polar surface area (TPSA) is 80.3 Å². The van der Waals surface area contributed by atoms with Crippen molar-refractivity contribution < 1.29 is 33.3 Å². The third-order valence-corrected chi connectivity index (χ3v) is 3.53. The van der Waals surface area contributed by atoms with Crippen LogP contribution in [-0.2, 0) is 33.3 Å². The van der Waals surface area contributed by atoms with Gasteiger partial charge in [0.2, 0.25) is 0 Å². The van der Waals surface area contributed by atoms with Gasteiger partial charge in [-0.2, -0.15) is 0 Å². The van der Waals surface area contributed by atoms with Gasteiger partial charge in [0.05, 0.1) is 39.6 Å². The number of rotatable bonds is 19. The average molecular weight is 389 g/mol. The predicted molar refractivity (Wildman–Crippen MR) is 103 cm³/mol. The molecule has 7 nitrogen and oxygen atoms in total. The molecule has 0 unspecified atom stereocenters. The Morgan fingerprint density at radius 1 is 0.704 bits per heavy atom. The summed E-state index contributed by atoms with van der Waals surface area (Å²) in [7, 11) is 0. The molecule has 0 saturated heterocycles. The second kappa shape index (κ2) is 19.3. The van der Waals surface area contributed by atoms with Crippen LogP contribution in [-0.4, -0.2) is 64.8 Å². The molecule has 0 bridgehead atoms. The zero-order valence-electron chi connectivity index (χ0n) is 17.0. The van der Waals surface area contributed by atoms with Crippen LogP contribution in [0.4, 0.5) is 0 Å². The van der Waals surface area contributed by atoms with Crippen molar-refractivity contribution in [1.29, 1.82) is 0 Å². The van der Waals surface area contributed by atoms with Gasteiger partial charge < -0.3 is 23.7 Å². The Labute approximate surface area is 163 Å². The molecule has 0 aliphatic carbocycles. The molecular formula is C20H36O7. The molecule has 0 aromatic rings. The van der Waals surface area contributed by atoms with Gasteiger partial charge in [-0.15, -0.1) is 0 Å². The maximum absolute atomic E-state index is 11.5. The van der Waals surface area contributed by atoms with Crippen LogP contribution in [0.1, 0.15) is 52.4 Å². The van der Waals surface area contributed by atoms with Gasteiger partial charge in [-0.1, -0.05) is 39.2 Å². The molecule has 0 aliphatic heterocycles. The highest BCUT2D eigenvalue weighted by Gasteiger charge is 2.03. The summed E-state index contributed by atoms with van der Waals surface area (Å²) in [4.78, 5) is 22.6. The van der Waals surface area contributed by atoms with E-state index in [0.29, 0.717) is 51.6 Å². The first-order valence-corrected chi connectivity index (χ1v) is 9.79. The maximum atomic E-state index is 11.5. The highest BCUT2D eigenvalue weighted by atomic mass is 16.6. The first-order valence-electron chi connectivity index (χ1n) is 9.79. The predicted octanol–water partition coefficient (Wildman–Crippen LogP) is 3.06. The van der Waals surface area contributed by atoms with Crippen molar-refractivity contribution in [3.05, 3.63) is 12.2 Å². The highest BCUT2D eigenvalue weighted by Crippen LogP contribution is 2.05. The van der Waals surface area contributed by atoms with Crippen molar-refractivity contribution in [1.82, 2.24) is 0 Å². The highest BCUT2D eigenvalue weighted by molar-refractivity contribution is 5.86. The van der Waals surface area contributed by atoms with Gasteiger partial charge in [0, 0.05) is 12.0 Å². The van der Waals surface area contributed by atoms with Crippen molar-refractivity contribution in [2.75, 3.05) is 52.9 Å². The molecular weight excluding hydrogens is 352 g/mol. The molecule has 0 radical (unpaired) electrons. The molecule has 0 saturated carbocycles. The SMILES string of the molecule is C=C(C)C(=O)OCCOCCOCCOCCOC(=O)CCCCCCC. The minimum absolute atomic E-state index is 0.155. The number of hydrogen-bond acceptors (Lipinski definition) is 7. The fourth-order valence-corrected chi connectivity index (χ4v) is 2.02. The molecule has 0 fully saturated rings. The smallest absolute Gasteiger partial charge is 0.333 e. The molecule has 0 N–H and O–H groups in total. The van der Waals surface area contributed by atoms with E-state index >= 15 is 0 Å². The van der Waals surface area contributed by atoms with Crippen LogP contribution in [0.3, 0.4) is 0 Å². The monoisotopic (exact) mass is 388 g/mol. The second-order valence-electron chi connectivity index (χ2n) is 6.14. The summed E-state index contributed by atoms with van der Waals surface area (Å²) >= 11 is 0. The zero-order valence-corrected chi connectivity index (χ0v) is 17.0. The number of carbonyl (C=O) groups is 2. The van der Waals surface area contributed by atoms with Gasteiger partial charge in [0.25, 0.3) is 0 Å². The van der Waals surface area contributed by atoms with Crippen molar-refractivity contribution in [2.24, 2.45) is 0 Å². The van der Waals surface area contributed by atoms with E-state index < -0.39 is 5.97 Å². The normalized spacial score (nSPS) is 10.6. The van der Waals surface area contributed by atoms with Crippen LogP contribution < -0.4 is 0 Å². The van der Waals surface area contributed by atoms with E-state index in [0.717, 1.165) is 12.8 Å². The largest absolute Gasteiger partial charge is 0.463 e. The lowest BCUT2D eigenvalue weighted by Crippen LogP contribution is -2.15. The van der Waals surface area contributed by atoms with Crippen LogP contribution >= 0.6 is 0 Å². The van der Waals surface area contributed by atoms with E-state index in [4.69, 9.17) is 23.7 Å². The van der Waals surface area contributed by atoms with Crippen molar-refractivity contribution in [3.8, 4) is 0 Å². The standard InChI is InChI=1S/C20H36O7/c1-4-5-6-7-8-9-19(21)26-16-14-24-12-10-23-11-13-25-15-17-27-20(22)18(2)3/h2,4-17H2,1,3H3. The van der Waals surface area contributed by atoms with Crippen LogP contribution in [0.25, 0.3) is 0 Å². The van der Waals surface area contributed by atoms with Crippen molar-refractivity contribution in [2.45, 2.75) is 52.4 Å². The summed E-state index contributed by atoms with van der Waals surface area (Å²) in [6.45, 7) is 10.2. The Bertz CT molecular complexity index is 396. The number of carbonyl (C=O) groups excluding carboxylic acids is 2. The summed E-state index contributed by atoms with van der Waals surface area (Å²) < 4.78 is 25.9. The number of esters is 2. The first-order chi connectivity index (χ1) is 13.1. The van der Waals surface area contributed by atoms with E-state index in [1.807, 2.05) is 0 Å². The maximum Gasteiger partial charge on any atom is 0.333 e. The molecule has 0 aliphatic rings. The summed E-state index contributed by atoms with van der Waals surface area (Å²) in [5.41, 5.74) is 0.371. The van der Waals surface area contributed by atoms with Gasteiger partial charge >= 0.3 is 11.9 Å². The van der Waals surface area contributed by atoms with Gasteiger partial charge in [-0.3, -0.25) is 4.79 Å². The van der Waals surface area contributed by atoms with Crippen LogP contribution in [0.5, 0.6) is 0 Å². The molecule has 0 spiro atoms. The summed E-state index contributed by atoms with van der Waals surface area (Å²) in [6, 6.07) is 0. The van der Waals surface area contributed by atoms with Crippen molar-refractivity contribution in [3.63, 3.8) is 0 Å². The Hall–Kier alpha value is -1.44. The molecule has 27 heavy (non-hydrogen) atoms. The second-order valence-corrected chi connectivity index (χ2v) is 6.14. The minimum atomic E-state index is -0.412. The van der Waals surface area contributed by atoms with E-state index in [-0.39, 0.29) is 19.2 Å². The Kier molecular flexibility index (Phi) is 18.3. The van der Waals surface area contributed by atoms with Gasteiger partial charge in [0.1, 0.15) is 13.2 Å². The van der Waals surface area contributed by atoms with Crippen LogP contribution in [0.2, 0.25) is 0 Å². The van der Waals surface area contributed by atoms with Gasteiger partial charge in [-0.25, -0.2) is 4.79 Å². The lowest BCUT2D eigenvalue weighted by Gasteiger charge is -2.08. The van der Waals surface area contributed by atoms with E-state index in [9.17, 15) is 9.59 Å². The fraction of sp³-hybridized carbons (Fsp3) is 0.800. The molecule has 0 aromatic carbocycles. The number of ether oxygens (including phenoxy) is 5. The zero-order chi connectivity index (χ0) is 20.2. The van der Waals surface area contributed by atoms with Gasteiger partial charge in [0.15, 0.2) is 0 Å². The van der Waals surface area contributed by atoms with Crippen LogP contribution in [0.15, 0.2) is 12.2 Å². The third kappa shape index (κ3) is 19.1. The molecule has 0 heterocycles. The summed E-state index contributed by atoms with van der Waals surface area (Å²) in [5.74, 6) is -0.568. The Morgan fingerprint density at radius 2 is 1.19 bits per heavy atom. The van der Waals surface area contributed by atoms with Gasteiger partial charge in [-0.05, 0) is 13.3 Å². The molecule has 0 aromatic heterocycles. The Balaban J connectivity index is 3.19.